The Labute approximate surface area is 121 Å². The van der Waals surface area contributed by atoms with E-state index in [1.165, 1.54) is 5.56 Å². The number of likely N-dealkylation sites (tertiary alicyclic amines) is 1. The van der Waals surface area contributed by atoms with Crippen LogP contribution in [0.15, 0.2) is 24.3 Å². The monoisotopic (exact) mass is 273 g/mol. The van der Waals surface area contributed by atoms with E-state index in [9.17, 15) is 9.59 Å². The number of benzene rings is 1. The first-order valence-corrected chi connectivity index (χ1v) is 7.54. The third kappa shape index (κ3) is 3.47. The molecule has 1 amide bonds. The average Bonchev–Trinajstić information content (AvgIpc) is 2.80. The summed E-state index contributed by atoms with van der Waals surface area (Å²) in [7, 11) is 0. The van der Waals surface area contributed by atoms with Crippen molar-refractivity contribution >= 4 is 11.7 Å². The minimum absolute atomic E-state index is 0.0400. The fraction of sp³-hybridized carbons (Fsp3) is 0.529. The molecule has 1 saturated heterocycles. The SMILES string of the molecule is CCCc1ccc(C(=O)CN2CC(CC)CC2=O)cc1. The summed E-state index contributed by atoms with van der Waals surface area (Å²) in [6.07, 6.45) is 3.74. The lowest BCUT2D eigenvalue weighted by Crippen LogP contribution is -2.31. The molecule has 1 atom stereocenters. The van der Waals surface area contributed by atoms with Crippen LogP contribution in [0.4, 0.5) is 0 Å². The molecule has 108 valence electrons. The fourth-order valence-corrected chi connectivity index (χ4v) is 2.69. The van der Waals surface area contributed by atoms with Gasteiger partial charge in [0.25, 0.3) is 0 Å². The Morgan fingerprint density at radius 3 is 2.50 bits per heavy atom. The van der Waals surface area contributed by atoms with Crippen LogP contribution in [0.2, 0.25) is 0 Å². The zero-order valence-corrected chi connectivity index (χ0v) is 12.4. The number of Topliss-reactive ketones (excluding diaryl/α,β-unsaturated/α-hetero) is 1. The van der Waals surface area contributed by atoms with Gasteiger partial charge in [0, 0.05) is 18.5 Å². The van der Waals surface area contributed by atoms with Gasteiger partial charge in [-0.3, -0.25) is 9.59 Å². The fourth-order valence-electron chi connectivity index (χ4n) is 2.69. The van der Waals surface area contributed by atoms with Crippen LogP contribution in [-0.2, 0) is 11.2 Å². The molecule has 0 saturated carbocycles. The summed E-state index contributed by atoms with van der Waals surface area (Å²) < 4.78 is 0. The highest BCUT2D eigenvalue weighted by Crippen LogP contribution is 2.20. The maximum absolute atomic E-state index is 12.2. The third-order valence-corrected chi connectivity index (χ3v) is 4.02. The quantitative estimate of drug-likeness (QED) is 0.747. The lowest BCUT2D eigenvalue weighted by atomic mass is 10.1. The summed E-state index contributed by atoms with van der Waals surface area (Å²) in [6, 6.07) is 7.78. The summed E-state index contributed by atoms with van der Waals surface area (Å²) >= 11 is 0. The predicted molar refractivity (Wildman–Crippen MR) is 79.7 cm³/mol. The van der Waals surface area contributed by atoms with Crippen molar-refractivity contribution < 1.29 is 9.59 Å². The second kappa shape index (κ2) is 6.69. The van der Waals surface area contributed by atoms with E-state index in [-0.39, 0.29) is 18.2 Å². The highest BCUT2D eigenvalue weighted by molar-refractivity contribution is 5.99. The molecule has 0 radical (unpaired) electrons. The van der Waals surface area contributed by atoms with Crippen LogP contribution >= 0.6 is 0 Å². The van der Waals surface area contributed by atoms with Crippen molar-refractivity contribution in [3.8, 4) is 0 Å². The number of rotatable bonds is 6. The minimum atomic E-state index is 0.0400. The summed E-state index contributed by atoms with van der Waals surface area (Å²) in [5.41, 5.74) is 1.96. The van der Waals surface area contributed by atoms with Crippen molar-refractivity contribution in [3.63, 3.8) is 0 Å². The Balaban J connectivity index is 1.96. The first kappa shape index (κ1) is 14.8. The number of ketones is 1. The van der Waals surface area contributed by atoms with E-state index in [1.807, 2.05) is 24.3 Å². The van der Waals surface area contributed by atoms with Gasteiger partial charge in [0.1, 0.15) is 0 Å². The molecular weight excluding hydrogens is 250 g/mol. The lowest BCUT2D eigenvalue weighted by molar-refractivity contribution is -0.127. The molecule has 20 heavy (non-hydrogen) atoms. The van der Waals surface area contributed by atoms with E-state index in [1.54, 1.807) is 4.90 Å². The molecule has 1 aliphatic rings. The highest BCUT2D eigenvalue weighted by Gasteiger charge is 2.29. The number of hydrogen-bond donors (Lipinski definition) is 0. The number of hydrogen-bond acceptors (Lipinski definition) is 2. The topological polar surface area (TPSA) is 37.4 Å². The summed E-state index contributed by atoms with van der Waals surface area (Å²) in [5, 5.41) is 0. The van der Waals surface area contributed by atoms with Crippen LogP contribution < -0.4 is 0 Å². The Morgan fingerprint density at radius 1 is 1.25 bits per heavy atom. The maximum Gasteiger partial charge on any atom is 0.223 e. The lowest BCUT2D eigenvalue weighted by Gasteiger charge is -2.15. The van der Waals surface area contributed by atoms with Gasteiger partial charge in [-0.2, -0.15) is 0 Å². The van der Waals surface area contributed by atoms with Gasteiger partial charge >= 0.3 is 0 Å². The summed E-state index contributed by atoms with van der Waals surface area (Å²) in [4.78, 5) is 25.7. The Kier molecular flexibility index (Phi) is 4.94. The Hall–Kier alpha value is -1.64. The molecular formula is C17H23NO2. The molecule has 1 fully saturated rings. The molecule has 0 bridgehead atoms. The molecule has 1 heterocycles. The maximum atomic E-state index is 12.2. The smallest absolute Gasteiger partial charge is 0.223 e. The van der Waals surface area contributed by atoms with Crippen LogP contribution in [0, 0.1) is 5.92 Å². The largest absolute Gasteiger partial charge is 0.335 e. The number of nitrogens with zero attached hydrogens (tertiary/aromatic N) is 1. The van der Waals surface area contributed by atoms with Crippen molar-refractivity contribution in [3.05, 3.63) is 35.4 Å². The van der Waals surface area contributed by atoms with E-state index in [2.05, 4.69) is 13.8 Å². The van der Waals surface area contributed by atoms with E-state index in [0.29, 0.717) is 17.9 Å². The molecule has 0 aliphatic carbocycles. The second-order valence-electron chi connectivity index (χ2n) is 5.62. The molecule has 1 aliphatic heterocycles. The van der Waals surface area contributed by atoms with E-state index in [4.69, 9.17) is 0 Å². The zero-order chi connectivity index (χ0) is 14.5. The standard InChI is InChI=1S/C17H23NO2/c1-3-5-14-6-8-15(9-7-14)16(19)12-18-11-13(4-2)10-17(18)20/h6-9,13H,3-5,10-12H2,1-2H3. The molecule has 0 aromatic heterocycles. The second-order valence-corrected chi connectivity index (χ2v) is 5.62. The van der Waals surface area contributed by atoms with Gasteiger partial charge in [0.15, 0.2) is 5.78 Å². The van der Waals surface area contributed by atoms with Crippen molar-refractivity contribution in [2.24, 2.45) is 5.92 Å². The zero-order valence-electron chi connectivity index (χ0n) is 12.4. The molecule has 3 heteroatoms. The molecule has 1 aromatic carbocycles. The number of aryl methyl sites for hydroxylation is 1. The van der Waals surface area contributed by atoms with Crippen molar-refractivity contribution in [2.75, 3.05) is 13.1 Å². The van der Waals surface area contributed by atoms with Crippen molar-refractivity contribution in [1.82, 2.24) is 4.90 Å². The Bertz CT molecular complexity index is 478. The van der Waals surface area contributed by atoms with E-state index >= 15 is 0 Å². The molecule has 1 aromatic rings. The van der Waals surface area contributed by atoms with Gasteiger partial charge < -0.3 is 4.90 Å². The van der Waals surface area contributed by atoms with Crippen LogP contribution in [0.5, 0.6) is 0 Å². The molecule has 0 spiro atoms. The predicted octanol–water partition coefficient (Wildman–Crippen LogP) is 3.08. The highest BCUT2D eigenvalue weighted by atomic mass is 16.2. The van der Waals surface area contributed by atoms with Crippen molar-refractivity contribution in [1.29, 1.82) is 0 Å². The van der Waals surface area contributed by atoms with Gasteiger partial charge in [0.05, 0.1) is 6.54 Å². The summed E-state index contributed by atoms with van der Waals surface area (Å²) in [6.45, 7) is 5.19. The van der Waals surface area contributed by atoms with E-state index < -0.39 is 0 Å². The van der Waals surface area contributed by atoms with Crippen LogP contribution in [0.25, 0.3) is 0 Å². The minimum Gasteiger partial charge on any atom is -0.335 e. The summed E-state index contributed by atoms with van der Waals surface area (Å²) in [5.74, 6) is 0.577. The molecule has 0 N–H and O–H groups in total. The van der Waals surface area contributed by atoms with Crippen molar-refractivity contribution in [2.45, 2.75) is 39.5 Å². The number of amides is 1. The Morgan fingerprint density at radius 2 is 1.95 bits per heavy atom. The number of carbonyl (C=O) groups excluding carboxylic acids is 2. The van der Waals surface area contributed by atoms with Gasteiger partial charge in [-0.1, -0.05) is 51.0 Å². The first-order valence-electron chi connectivity index (χ1n) is 7.54. The number of carbonyl (C=O) groups is 2. The van der Waals surface area contributed by atoms with Gasteiger partial charge in [-0.15, -0.1) is 0 Å². The third-order valence-electron chi connectivity index (χ3n) is 4.02. The normalized spacial score (nSPS) is 18.6. The van der Waals surface area contributed by atoms with Crippen LogP contribution in [0.1, 0.15) is 49.0 Å². The van der Waals surface area contributed by atoms with Gasteiger partial charge in [0.2, 0.25) is 5.91 Å². The van der Waals surface area contributed by atoms with E-state index in [0.717, 1.165) is 25.8 Å². The molecule has 3 nitrogen and oxygen atoms in total. The van der Waals surface area contributed by atoms with Crippen LogP contribution in [-0.4, -0.2) is 29.7 Å². The van der Waals surface area contributed by atoms with Gasteiger partial charge in [-0.25, -0.2) is 0 Å². The average molecular weight is 273 g/mol. The first-order chi connectivity index (χ1) is 9.63. The molecule has 1 unspecified atom stereocenters. The molecule has 2 rings (SSSR count). The van der Waals surface area contributed by atoms with Gasteiger partial charge in [-0.05, 0) is 17.9 Å². The van der Waals surface area contributed by atoms with Crippen LogP contribution in [0.3, 0.4) is 0 Å².